The van der Waals surface area contributed by atoms with Gasteiger partial charge in [0.15, 0.2) is 0 Å². The SMILES string of the molecule is CC(C)n1[c]cc(Br)n1. The lowest BCUT2D eigenvalue weighted by Crippen LogP contribution is -2.00. The molecule has 0 aliphatic carbocycles. The Kier molecular flexibility index (Phi) is 1.90. The number of hydrogen-bond donors (Lipinski definition) is 0. The summed E-state index contributed by atoms with van der Waals surface area (Å²) in [7, 11) is 0. The lowest BCUT2D eigenvalue weighted by Gasteiger charge is -2.01. The molecule has 9 heavy (non-hydrogen) atoms. The third kappa shape index (κ3) is 1.55. The van der Waals surface area contributed by atoms with E-state index in [-0.39, 0.29) is 0 Å². The highest BCUT2D eigenvalue weighted by atomic mass is 79.9. The van der Waals surface area contributed by atoms with E-state index in [9.17, 15) is 0 Å². The summed E-state index contributed by atoms with van der Waals surface area (Å²) < 4.78 is 2.63. The molecule has 0 bridgehead atoms. The minimum Gasteiger partial charge on any atom is -0.260 e. The first-order valence-corrected chi connectivity index (χ1v) is 3.62. The molecule has 2 nitrogen and oxygen atoms in total. The highest BCUT2D eigenvalue weighted by Crippen LogP contribution is 2.07. The number of hydrogen-bond acceptors (Lipinski definition) is 1. The lowest BCUT2D eigenvalue weighted by atomic mass is 10.4. The normalized spacial score (nSPS) is 10.7. The summed E-state index contributed by atoms with van der Waals surface area (Å²) in [5, 5.41) is 4.09. The molecule has 0 saturated carbocycles. The molecule has 0 fully saturated rings. The zero-order valence-corrected chi connectivity index (χ0v) is 7.01. The van der Waals surface area contributed by atoms with Gasteiger partial charge in [0.2, 0.25) is 0 Å². The van der Waals surface area contributed by atoms with E-state index in [0.29, 0.717) is 6.04 Å². The molecule has 0 atom stereocenters. The van der Waals surface area contributed by atoms with Crippen molar-refractivity contribution in [2.45, 2.75) is 19.9 Å². The van der Waals surface area contributed by atoms with E-state index in [1.807, 2.05) is 0 Å². The van der Waals surface area contributed by atoms with Crippen molar-refractivity contribution >= 4 is 15.9 Å². The van der Waals surface area contributed by atoms with Crippen molar-refractivity contribution in [3.63, 3.8) is 0 Å². The predicted molar refractivity (Wildman–Crippen MR) is 39.1 cm³/mol. The van der Waals surface area contributed by atoms with Crippen LogP contribution >= 0.6 is 15.9 Å². The molecule has 0 aliphatic heterocycles. The maximum absolute atomic E-state index is 4.09. The largest absolute Gasteiger partial charge is 0.260 e. The van der Waals surface area contributed by atoms with Crippen molar-refractivity contribution in [2.75, 3.05) is 0 Å². The zero-order chi connectivity index (χ0) is 6.85. The Balaban J connectivity index is 2.85. The van der Waals surface area contributed by atoms with E-state index in [0.717, 1.165) is 4.60 Å². The summed E-state index contributed by atoms with van der Waals surface area (Å²) in [5.41, 5.74) is 0. The van der Waals surface area contributed by atoms with Gasteiger partial charge in [-0.25, -0.2) is 0 Å². The average molecular weight is 188 g/mol. The van der Waals surface area contributed by atoms with Gasteiger partial charge in [0, 0.05) is 12.1 Å². The molecule has 0 saturated heterocycles. The molecule has 1 radical (unpaired) electrons. The minimum atomic E-state index is 0.399. The Morgan fingerprint density at radius 2 is 2.44 bits per heavy atom. The molecule has 49 valence electrons. The third-order valence-corrected chi connectivity index (χ3v) is 1.40. The van der Waals surface area contributed by atoms with Crippen LogP contribution in [0, 0.1) is 6.20 Å². The number of nitrogens with zero attached hydrogens (tertiary/aromatic N) is 2. The van der Waals surface area contributed by atoms with E-state index in [2.05, 4.69) is 41.1 Å². The Labute approximate surface area is 63.0 Å². The molecule has 0 spiro atoms. The Hall–Kier alpha value is -0.310. The molecule has 0 unspecified atom stereocenters. The monoisotopic (exact) mass is 187 g/mol. The molecule has 1 aromatic heterocycles. The smallest absolute Gasteiger partial charge is 0.128 e. The van der Waals surface area contributed by atoms with E-state index in [1.165, 1.54) is 0 Å². The van der Waals surface area contributed by atoms with Gasteiger partial charge in [-0.3, -0.25) is 4.68 Å². The Bertz CT molecular complexity index is 193. The van der Waals surface area contributed by atoms with Crippen LogP contribution in [0.5, 0.6) is 0 Å². The first kappa shape index (κ1) is 6.81. The first-order valence-electron chi connectivity index (χ1n) is 2.83. The molecule has 1 rings (SSSR count). The quantitative estimate of drug-likeness (QED) is 0.659. The number of aromatic nitrogens is 2. The standard InChI is InChI=1S/C6H8BrN2/c1-5(2)9-4-3-6(7)8-9/h3,5H,1-2H3. The second kappa shape index (κ2) is 2.52. The number of halogens is 1. The van der Waals surface area contributed by atoms with Crippen molar-refractivity contribution in [1.82, 2.24) is 9.78 Å². The summed E-state index contributed by atoms with van der Waals surface area (Å²) >= 11 is 3.24. The highest BCUT2D eigenvalue weighted by molar-refractivity contribution is 9.10. The summed E-state index contributed by atoms with van der Waals surface area (Å²) in [6.07, 6.45) is 2.96. The van der Waals surface area contributed by atoms with Crippen molar-refractivity contribution in [1.29, 1.82) is 0 Å². The molecule has 3 heteroatoms. The van der Waals surface area contributed by atoms with Crippen LogP contribution in [0.15, 0.2) is 10.7 Å². The van der Waals surface area contributed by atoms with Gasteiger partial charge in [-0.1, -0.05) is 0 Å². The molecule has 1 heterocycles. The summed E-state index contributed by atoms with van der Waals surface area (Å²) in [4.78, 5) is 0. The molecule has 0 N–H and O–H groups in total. The fourth-order valence-electron chi connectivity index (χ4n) is 0.545. The van der Waals surface area contributed by atoms with Crippen molar-refractivity contribution in [3.8, 4) is 0 Å². The zero-order valence-electron chi connectivity index (χ0n) is 5.43. The van der Waals surface area contributed by atoms with E-state index < -0.39 is 0 Å². The Morgan fingerprint density at radius 1 is 1.78 bits per heavy atom. The van der Waals surface area contributed by atoms with Crippen LogP contribution in [0.1, 0.15) is 19.9 Å². The number of rotatable bonds is 1. The molecular weight excluding hydrogens is 180 g/mol. The molecule has 1 aromatic rings. The van der Waals surface area contributed by atoms with Crippen molar-refractivity contribution in [3.05, 3.63) is 16.9 Å². The summed E-state index contributed by atoms with van der Waals surface area (Å²) in [5.74, 6) is 0. The predicted octanol–water partition coefficient (Wildman–Crippen LogP) is 2.03. The average Bonchev–Trinajstić information content (AvgIpc) is 2.14. The fourth-order valence-corrected chi connectivity index (χ4v) is 0.818. The summed E-state index contributed by atoms with van der Waals surface area (Å²) in [6, 6.07) is 2.20. The van der Waals surface area contributed by atoms with Crippen LogP contribution in [0.2, 0.25) is 0 Å². The van der Waals surface area contributed by atoms with Crippen LogP contribution in [0.4, 0.5) is 0 Å². The fraction of sp³-hybridized carbons (Fsp3) is 0.500. The van der Waals surface area contributed by atoms with E-state index in [4.69, 9.17) is 0 Å². The topological polar surface area (TPSA) is 17.8 Å². The van der Waals surface area contributed by atoms with E-state index >= 15 is 0 Å². The molecule has 0 amide bonds. The second-order valence-corrected chi connectivity index (χ2v) is 2.95. The van der Waals surface area contributed by atoms with Crippen molar-refractivity contribution < 1.29 is 0 Å². The van der Waals surface area contributed by atoms with Gasteiger partial charge < -0.3 is 0 Å². The second-order valence-electron chi connectivity index (χ2n) is 2.13. The van der Waals surface area contributed by atoms with Crippen molar-refractivity contribution in [2.24, 2.45) is 0 Å². The van der Waals surface area contributed by atoms with Crippen LogP contribution in [-0.4, -0.2) is 9.78 Å². The molecular formula is C6H8BrN2. The summed E-state index contributed by atoms with van der Waals surface area (Å²) in [6.45, 7) is 4.13. The van der Waals surface area contributed by atoms with Gasteiger partial charge in [-0.05, 0) is 29.8 Å². The van der Waals surface area contributed by atoms with Crippen LogP contribution < -0.4 is 0 Å². The van der Waals surface area contributed by atoms with E-state index in [1.54, 1.807) is 10.7 Å². The van der Waals surface area contributed by atoms with Gasteiger partial charge in [-0.15, -0.1) is 0 Å². The van der Waals surface area contributed by atoms with Gasteiger partial charge in [0.05, 0.1) is 6.20 Å². The third-order valence-electron chi connectivity index (χ3n) is 1.01. The van der Waals surface area contributed by atoms with Crippen LogP contribution in [0.25, 0.3) is 0 Å². The maximum atomic E-state index is 4.09. The van der Waals surface area contributed by atoms with Crippen LogP contribution in [-0.2, 0) is 0 Å². The molecule has 0 aromatic carbocycles. The molecule has 0 aliphatic rings. The lowest BCUT2D eigenvalue weighted by molar-refractivity contribution is 0.526. The van der Waals surface area contributed by atoms with Gasteiger partial charge >= 0.3 is 0 Å². The van der Waals surface area contributed by atoms with Gasteiger partial charge in [0.1, 0.15) is 4.60 Å². The first-order chi connectivity index (χ1) is 4.20. The maximum Gasteiger partial charge on any atom is 0.128 e. The highest BCUT2D eigenvalue weighted by Gasteiger charge is 1.97. The van der Waals surface area contributed by atoms with Crippen LogP contribution in [0.3, 0.4) is 0 Å². The minimum absolute atomic E-state index is 0.399. The van der Waals surface area contributed by atoms with Gasteiger partial charge in [-0.2, -0.15) is 5.10 Å². The Morgan fingerprint density at radius 3 is 2.67 bits per heavy atom. The van der Waals surface area contributed by atoms with Gasteiger partial charge in [0.25, 0.3) is 0 Å².